The number of aromatic nitrogens is 6. The molecule has 57 heavy (non-hydrogen) atoms. The third-order valence-corrected chi connectivity index (χ3v) is 14.1. The molecule has 0 amide bonds. The van der Waals surface area contributed by atoms with Gasteiger partial charge in [0.25, 0.3) is 0 Å². The number of para-hydroxylation sites is 1. The van der Waals surface area contributed by atoms with Crippen LogP contribution in [0.15, 0.2) is 148 Å². The number of hydrogen-bond donors (Lipinski definition) is 0. The number of nitrogens with zero attached hydrogens (tertiary/aromatic N) is 8. The number of rotatable bonds is 0. The molecule has 11 heterocycles. The van der Waals surface area contributed by atoms with Crippen LogP contribution in [0.5, 0.6) is 0 Å². The molecule has 0 N–H and O–H groups in total. The van der Waals surface area contributed by atoms with Crippen molar-refractivity contribution < 1.29 is 13.3 Å². The van der Waals surface area contributed by atoms with Gasteiger partial charge in [-0.15, -0.1) is 0 Å². The Morgan fingerprint density at radius 2 is 0.877 bits per heavy atom. The van der Waals surface area contributed by atoms with E-state index in [1.807, 2.05) is 92.0 Å². The lowest BCUT2D eigenvalue weighted by Gasteiger charge is -2.36. The summed E-state index contributed by atoms with van der Waals surface area (Å²) in [5.74, 6) is 0. The molecule has 12 rings (SSSR count). The predicted octanol–water partition coefficient (Wildman–Crippen LogP) is 8.97. The van der Waals surface area contributed by atoms with Crippen LogP contribution in [0, 0.1) is 0 Å². The predicted molar refractivity (Wildman–Crippen MR) is 230 cm³/mol. The maximum atomic E-state index is 5.40. The van der Waals surface area contributed by atoms with Crippen LogP contribution in [0.3, 0.4) is 0 Å². The number of hydrogen-bond acceptors (Lipinski definition) is 9. The quantitative estimate of drug-likeness (QED) is 0.140. The highest BCUT2D eigenvalue weighted by Gasteiger charge is 2.39. The van der Waals surface area contributed by atoms with Crippen LogP contribution in [0.4, 0.5) is 22.7 Å². The molecular formula is C45H42N8O3Si. The second kappa shape index (κ2) is 14.3. The van der Waals surface area contributed by atoms with Gasteiger partial charge in [-0.2, -0.15) is 0 Å². The lowest BCUT2D eigenvalue weighted by Crippen LogP contribution is -2.61. The second-order valence-electron chi connectivity index (χ2n) is 14.7. The first-order valence-electron chi connectivity index (χ1n) is 18.8. The molecule has 12 heteroatoms. The summed E-state index contributed by atoms with van der Waals surface area (Å²) in [5.41, 5.74) is 10.9. The van der Waals surface area contributed by atoms with Gasteiger partial charge in [-0.25, -0.2) is 0 Å². The number of benzene rings is 1. The zero-order valence-corrected chi connectivity index (χ0v) is 33.7. The van der Waals surface area contributed by atoms with E-state index in [0.717, 1.165) is 45.7 Å². The Bertz CT molecular complexity index is 2880. The van der Waals surface area contributed by atoms with Crippen LogP contribution >= 0.6 is 0 Å². The van der Waals surface area contributed by atoms with Crippen LogP contribution in [0.25, 0.3) is 44.2 Å². The SMILES string of the molecule is CN1c2cccnc2Cc2ncccc21.CN1c2cccnc2[Si](C)(C)c2ncccc21.Cn1c2ccccc2c2ccoc21.Cn1c2occc2c2ccoc21. The smallest absolute Gasteiger partial charge is 0.209 e. The van der Waals surface area contributed by atoms with Crippen LogP contribution in [-0.4, -0.2) is 51.2 Å². The molecule has 2 aliphatic rings. The molecule has 0 saturated carbocycles. The van der Waals surface area contributed by atoms with Crippen molar-refractivity contribution in [2.75, 3.05) is 23.9 Å². The first-order valence-corrected chi connectivity index (χ1v) is 21.8. The zero-order valence-electron chi connectivity index (χ0n) is 32.7. The Morgan fingerprint density at radius 1 is 0.456 bits per heavy atom. The molecule has 2 aliphatic heterocycles. The van der Waals surface area contributed by atoms with Crippen LogP contribution in [0.2, 0.25) is 13.1 Å². The first-order chi connectivity index (χ1) is 27.7. The van der Waals surface area contributed by atoms with Crippen molar-refractivity contribution in [1.82, 2.24) is 29.1 Å². The first kappa shape index (κ1) is 35.8. The van der Waals surface area contributed by atoms with E-state index in [4.69, 9.17) is 13.3 Å². The van der Waals surface area contributed by atoms with Gasteiger partial charge in [0, 0.05) is 70.2 Å². The second-order valence-corrected chi connectivity index (χ2v) is 18.9. The van der Waals surface area contributed by atoms with E-state index in [1.165, 1.54) is 49.7 Å². The lowest BCUT2D eigenvalue weighted by molar-refractivity contribution is 0.555. The van der Waals surface area contributed by atoms with E-state index in [2.05, 4.69) is 104 Å². The maximum Gasteiger partial charge on any atom is 0.209 e. The normalized spacial score (nSPS) is 13.4. The Labute approximate surface area is 330 Å². The molecule has 9 aromatic heterocycles. The summed E-state index contributed by atoms with van der Waals surface area (Å²) in [6.45, 7) is 4.63. The minimum absolute atomic E-state index is 0.830. The van der Waals surface area contributed by atoms with Gasteiger partial charge in [0.15, 0.2) is 8.07 Å². The molecule has 0 fully saturated rings. The molecule has 0 unspecified atom stereocenters. The third kappa shape index (κ3) is 6.05. The topological polar surface area (TPSA) is 107 Å². The number of anilines is 4. The van der Waals surface area contributed by atoms with Crippen LogP contribution in [0.1, 0.15) is 11.4 Å². The standard InChI is InChI=1S/C13H15N3Si.C12H11N3.C11H9NO.C9H7NO2/c1-16-10-6-4-8-14-12(10)17(2,3)13-11(16)7-5-9-15-13;1-15-11-4-2-6-13-9(11)8-10-12(15)5-3-7-14-10;1-12-10-5-3-2-4-8(10)9-6-7-13-11(9)12;1-10-8-6(2-4-11-8)7-3-5-12-9(7)10/h4-9H,1-3H3;2-7H,8H2,1H3;2-7H,1H3;2-5H,1H3. The van der Waals surface area contributed by atoms with Crippen LogP contribution < -0.4 is 20.4 Å². The van der Waals surface area contributed by atoms with Gasteiger partial charge in [0.2, 0.25) is 17.1 Å². The van der Waals surface area contributed by atoms with Crippen molar-refractivity contribution in [2.24, 2.45) is 14.1 Å². The largest absolute Gasteiger partial charge is 0.448 e. The van der Waals surface area contributed by atoms with Crippen molar-refractivity contribution in [3.05, 3.63) is 146 Å². The summed E-state index contributed by atoms with van der Waals surface area (Å²) in [4.78, 5) is 22.3. The summed E-state index contributed by atoms with van der Waals surface area (Å²) in [5, 5.41) is 7.14. The summed E-state index contributed by atoms with van der Waals surface area (Å²) in [7, 11) is 6.36. The monoisotopic (exact) mass is 770 g/mol. The molecule has 0 atom stereocenters. The van der Waals surface area contributed by atoms with E-state index in [-0.39, 0.29) is 0 Å². The van der Waals surface area contributed by atoms with E-state index in [9.17, 15) is 0 Å². The average Bonchev–Trinajstić information content (AvgIpc) is 4.10. The summed E-state index contributed by atoms with van der Waals surface area (Å²) < 4.78 is 20.0. The summed E-state index contributed by atoms with van der Waals surface area (Å²) in [6, 6.07) is 30.7. The number of aryl methyl sites for hydroxylation is 2. The van der Waals surface area contributed by atoms with Gasteiger partial charge in [-0.05, 0) is 72.8 Å². The highest BCUT2D eigenvalue weighted by molar-refractivity contribution is 7.01. The van der Waals surface area contributed by atoms with Crippen molar-refractivity contribution in [3.63, 3.8) is 0 Å². The molecule has 1 aromatic carbocycles. The Balaban J connectivity index is 0.0000000996. The van der Waals surface area contributed by atoms with Gasteiger partial charge >= 0.3 is 0 Å². The van der Waals surface area contributed by atoms with E-state index < -0.39 is 8.07 Å². The fourth-order valence-corrected chi connectivity index (χ4v) is 10.9. The fraction of sp³-hybridized carbons (Fsp3) is 0.156. The Hall–Kier alpha value is -6.92. The molecule has 0 bridgehead atoms. The van der Waals surface area contributed by atoms with E-state index in [1.54, 1.807) is 18.8 Å². The van der Waals surface area contributed by atoms with Crippen molar-refractivity contribution in [1.29, 1.82) is 0 Å². The number of pyridine rings is 4. The van der Waals surface area contributed by atoms with Gasteiger partial charge in [-0.3, -0.25) is 24.5 Å². The molecule has 10 aromatic rings. The fourth-order valence-electron chi connectivity index (χ4n) is 8.06. The van der Waals surface area contributed by atoms with Crippen molar-refractivity contribution >= 4 is 85.7 Å². The molecule has 0 radical (unpaired) electrons. The lowest BCUT2D eigenvalue weighted by atomic mass is 10.1. The van der Waals surface area contributed by atoms with Gasteiger partial charge in [0.1, 0.15) is 0 Å². The molecule has 0 aliphatic carbocycles. The van der Waals surface area contributed by atoms with Crippen molar-refractivity contribution in [3.8, 4) is 0 Å². The molecule has 0 saturated heterocycles. The maximum absolute atomic E-state index is 5.40. The highest BCUT2D eigenvalue weighted by Crippen LogP contribution is 2.35. The van der Waals surface area contributed by atoms with Gasteiger partial charge in [0.05, 0.1) is 79.9 Å². The zero-order chi connectivity index (χ0) is 39.3. The third-order valence-electron chi connectivity index (χ3n) is 11.0. The van der Waals surface area contributed by atoms with Gasteiger partial charge in [-0.1, -0.05) is 31.3 Å². The summed E-state index contributed by atoms with van der Waals surface area (Å²) in [6.07, 6.45) is 13.4. The molecule has 11 nitrogen and oxygen atoms in total. The van der Waals surface area contributed by atoms with Crippen LogP contribution in [-0.2, 0) is 20.5 Å². The average molecular weight is 771 g/mol. The number of fused-ring (bicyclic) bond motifs is 10. The molecular weight excluding hydrogens is 729 g/mol. The Morgan fingerprint density at radius 3 is 1.40 bits per heavy atom. The summed E-state index contributed by atoms with van der Waals surface area (Å²) >= 11 is 0. The van der Waals surface area contributed by atoms with Crippen molar-refractivity contribution in [2.45, 2.75) is 19.5 Å². The minimum Gasteiger partial charge on any atom is -0.448 e. The molecule has 0 spiro atoms. The molecule has 284 valence electrons. The van der Waals surface area contributed by atoms with E-state index >= 15 is 0 Å². The van der Waals surface area contributed by atoms with Gasteiger partial charge < -0.3 is 27.6 Å². The Kier molecular flexibility index (Phi) is 8.97. The minimum atomic E-state index is -1.74. The highest BCUT2D eigenvalue weighted by atomic mass is 28.3. The number of furan rings is 3. The van der Waals surface area contributed by atoms with E-state index in [0.29, 0.717) is 0 Å².